The summed E-state index contributed by atoms with van der Waals surface area (Å²) in [7, 11) is 0. The van der Waals surface area contributed by atoms with E-state index >= 15 is 0 Å². The summed E-state index contributed by atoms with van der Waals surface area (Å²) in [5, 5.41) is 6.10. The van der Waals surface area contributed by atoms with Crippen molar-refractivity contribution in [1.82, 2.24) is 10.6 Å². The number of amides is 2. The third-order valence-electron chi connectivity index (χ3n) is 4.20. The van der Waals surface area contributed by atoms with Crippen LogP contribution in [0.25, 0.3) is 0 Å². The van der Waals surface area contributed by atoms with Crippen LogP contribution in [-0.2, 0) is 16.1 Å². The molecule has 0 unspecified atom stereocenters. The minimum atomic E-state index is 0. The van der Waals surface area contributed by atoms with Crippen LogP contribution in [0.5, 0.6) is 0 Å². The fraction of sp³-hybridized carbons (Fsp3) is 0.529. The standard InChI is InChI=1S/C17H23N3O2.ClH/c21-16(12-18-10-13-6-7-13)19-11-14-3-1-4-15(9-14)20-8-2-5-17(20)22;/h1,3-4,9,13,18H,2,5-8,10-12H2,(H,19,21);1H. The molecule has 126 valence electrons. The maximum absolute atomic E-state index is 11.8. The highest BCUT2D eigenvalue weighted by Crippen LogP contribution is 2.27. The molecule has 1 aromatic rings. The quantitative estimate of drug-likeness (QED) is 0.798. The molecule has 23 heavy (non-hydrogen) atoms. The van der Waals surface area contributed by atoms with E-state index in [-0.39, 0.29) is 24.2 Å². The Labute approximate surface area is 143 Å². The minimum absolute atomic E-state index is 0. The van der Waals surface area contributed by atoms with Gasteiger partial charge in [0.15, 0.2) is 0 Å². The summed E-state index contributed by atoms with van der Waals surface area (Å²) in [5.41, 5.74) is 1.95. The van der Waals surface area contributed by atoms with Crippen LogP contribution in [0.2, 0.25) is 0 Å². The average Bonchev–Trinajstić information content (AvgIpc) is 3.25. The molecule has 1 aromatic carbocycles. The maximum atomic E-state index is 11.8. The van der Waals surface area contributed by atoms with Gasteiger partial charge in [0.25, 0.3) is 0 Å². The summed E-state index contributed by atoms with van der Waals surface area (Å²) in [6, 6.07) is 7.85. The lowest BCUT2D eigenvalue weighted by Gasteiger charge is -2.16. The van der Waals surface area contributed by atoms with Gasteiger partial charge in [-0.05, 0) is 49.4 Å². The summed E-state index contributed by atoms with van der Waals surface area (Å²) >= 11 is 0. The normalized spacial score (nSPS) is 17.0. The molecule has 0 bridgehead atoms. The van der Waals surface area contributed by atoms with Crippen molar-refractivity contribution < 1.29 is 9.59 Å². The first kappa shape index (κ1) is 17.8. The van der Waals surface area contributed by atoms with Crippen LogP contribution in [0, 0.1) is 5.92 Å². The van der Waals surface area contributed by atoms with Gasteiger partial charge in [-0.2, -0.15) is 0 Å². The zero-order chi connectivity index (χ0) is 15.4. The summed E-state index contributed by atoms with van der Waals surface area (Å²) in [4.78, 5) is 25.4. The Morgan fingerprint density at radius 2 is 2.13 bits per heavy atom. The van der Waals surface area contributed by atoms with Crippen LogP contribution in [0.1, 0.15) is 31.2 Å². The fourth-order valence-corrected chi connectivity index (χ4v) is 2.73. The van der Waals surface area contributed by atoms with E-state index in [1.807, 2.05) is 29.2 Å². The van der Waals surface area contributed by atoms with Gasteiger partial charge in [0.2, 0.25) is 11.8 Å². The molecule has 0 atom stereocenters. The van der Waals surface area contributed by atoms with E-state index in [2.05, 4.69) is 10.6 Å². The lowest BCUT2D eigenvalue weighted by Crippen LogP contribution is -2.34. The molecule has 2 aliphatic rings. The number of nitrogens with zero attached hydrogens (tertiary/aromatic N) is 1. The van der Waals surface area contributed by atoms with Gasteiger partial charge in [-0.25, -0.2) is 0 Å². The molecule has 1 saturated heterocycles. The van der Waals surface area contributed by atoms with E-state index in [1.54, 1.807) is 0 Å². The maximum Gasteiger partial charge on any atom is 0.234 e. The van der Waals surface area contributed by atoms with Crippen LogP contribution in [0.15, 0.2) is 24.3 Å². The van der Waals surface area contributed by atoms with Gasteiger partial charge in [0, 0.05) is 25.2 Å². The van der Waals surface area contributed by atoms with E-state index in [1.165, 1.54) is 12.8 Å². The van der Waals surface area contributed by atoms with Crippen molar-refractivity contribution >= 4 is 29.9 Å². The lowest BCUT2D eigenvalue weighted by atomic mass is 10.2. The van der Waals surface area contributed by atoms with Crippen LogP contribution in [-0.4, -0.2) is 31.4 Å². The monoisotopic (exact) mass is 337 g/mol. The SMILES string of the molecule is Cl.O=C(CNCC1CC1)NCc1cccc(N2CCCC2=O)c1. The molecule has 6 heteroatoms. The van der Waals surface area contributed by atoms with Crippen molar-refractivity contribution in [1.29, 1.82) is 0 Å². The average molecular weight is 338 g/mol. The summed E-state index contributed by atoms with van der Waals surface area (Å²) in [6.07, 6.45) is 4.13. The number of hydrogen-bond donors (Lipinski definition) is 2. The third kappa shape index (κ3) is 5.22. The third-order valence-corrected chi connectivity index (χ3v) is 4.20. The molecule has 0 spiro atoms. The number of carbonyl (C=O) groups is 2. The smallest absolute Gasteiger partial charge is 0.234 e. The summed E-state index contributed by atoms with van der Waals surface area (Å²) in [6.45, 7) is 2.61. The Bertz CT molecular complexity index is 561. The molecule has 0 aromatic heterocycles. The van der Waals surface area contributed by atoms with E-state index in [0.717, 1.165) is 36.7 Å². The van der Waals surface area contributed by atoms with Crippen LogP contribution < -0.4 is 15.5 Å². The van der Waals surface area contributed by atoms with Crippen molar-refractivity contribution in [2.24, 2.45) is 5.92 Å². The zero-order valence-corrected chi connectivity index (χ0v) is 14.0. The first-order chi connectivity index (χ1) is 10.7. The zero-order valence-electron chi connectivity index (χ0n) is 13.2. The topological polar surface area (TPSA) is 61.4 Å². The predicted octanol–water partition coefficient (Wildman–Crippen LogP) is 1.85. The molecule has 1 aliphatic heterocycles. The van der Waals surface area contributed by atoms with Crippen LogP contribution in [0.4, 0.5) is 5.69 Å². The second kappa shape index (κ2) is 8.31. The molecular weight excluding hydrogens is 314 g/mol. The van der Waals surface area contributed by atoms with Crippen molar-refractivity contribution in [3.63, 3.8) is 0 Å². The van der Waals surface area contributed by atoms with Gasteiger partial charge in [0.05, 0.1) is 6.54 Å². The van der Waals surface area contributed by atoms with Gasteiger partial charge in [-0.15, -0.1) is 12.4 Å². The molecule has 1 aliphatic carbocycles. The van der Waals surface area contributed by atoms with E-state index in [9.17, 15) is 9.59 Å². The second-order valence-corrected chi connectivity index (χ2v) is 6.17. The highest BCUT2D eigenvalue weighted by Gasteiger charge is 2.22. The lowest BCUT2D eigenvalue weighted by molar-refractivity contribution is -0.120. The second-order valence-electron chi connectivity index (χ2n) is 6.17. The van der Waals surface area contributed by atoms with Gasteiger partial charge in [-0.1, -0.05) is 12.1 Å². The number of anilines is 1. The Hall–Kier alpha value is -1.59. The van der Waals surface area contributed by atoms with Gasteiger partial charge in [-0.3, -0.25) is 9.59 Å². The van der Waals surface area contributed by atoms with Crippen molar-refractivity contribution in [2.75, 3.05) is 24.5 Å². The highest BCUT2D eigenvalue weighted by molar-refractivity contribution is 5.95. The Morgan fingerprint density at radius 3 is 2.83 bits per heavy atom. The summed E-state index contributed by atoms with van der Waals surface area (Å²) in [5.74, 6) is 0.983. The number of rotatable bonds is 7. The number of hydrogen-bond acceptors (Lipinski definition) is 3. The molecule has 2 N–H and O–H groups in total. The number of nitrogens with one attached hydrogen (secondary N) is 2. The fourth-order valence-electron chi connectivity index (χ4n) is 2.73. The van der Waals surface area contributed by atoms with Crippen molar-refractivity contribution in [3.05, 3.63) is 29.8 Å². The molecule has 0 radical (unpaired) electrons. The van der Waals surface area contributed by atoms with Crippen LogP contribution >= 0.6 is 12.4 Å². The number of halogens is 1. The first-order valence-electron chi connectivity index (χ1n) is 8.09. The molecule has 2 fully saturated rings. The molecular formula is C17H24ClN3O2. The minimum Gasteiger partial charge on any atom is -0.351 e. The van der Waals surface area contributed by atoms with E-state index < -0.39 is 0 Å². The largest absolute Gasteiger partial charge is 0.351 e. The van der Waals surface area contributed by atoms with Crippen molar-refractivity contribution in [3.8, 4) is 0 Å². The van der Waals surface area contributed by atoms with E-state index in [4.69, 9.17) is 0 Å². The Kier molecular flexibility index (Phi) is 6.42. The van der Waals surface area contributed by atoms with Gasteiger partial charge < -0.3 is 15.5 Å². The van der Waals surface area contributed by atoms with Crippen molar-refractivity contribution in [2.45, 2.75) is 32.2 Å². The van der Waals surface area contributed by atoms with E-state index in [0.29, 0.717) is 19.5 Å². The number of carbonyl (C=O) groups excluding carboxylic acids is 2. The Balaban J connectivity index is 0.00000192. The Morgan fingerprint density at radius 1 is 1.30 bits per heavy atom. The number of benzene rings is 1. The first-order valence-corrected chi connectivity index (χ1v) is 8.09. The predicted molar refractivity (Wildman–Crippen MR) is 92.7 cm³/mol. The highest BCUT2D eigenvalue weighted by atomic mass is 35.5. The summed E-state index contributed by atoms with van der Waals surface area (Å²) < 4.78 is 0. The van der Waals surface area contributed by atoms with Crippen LogP contribution in [0.3, 0.4) is 0 Å². The molecule has 2 amide bonds. The molecule has 5 nitrogen and oxygen atoms in total. The molecule has 1 saturated carbocycles. The van der Waals surface area contributed by atoms with Gasteiger partial charge >= 0.3 is 0 Å². The molecule has 1 heterocycles. The molecule has 3 rings (SSSR count). The van der Waals surface area contributed by atoms with Gasteiger partial charge in [0.1, 0.15) is 0 Å².